The summed E-state index contributed by atoms with van der Waals surface area (Å²) in [6.07, 6.45) is 0.971. The first-order valence-corrected chi connectivity index (χ1v) is 4.70. The third-order valence-electron chi connectivity index (χ3n) is 2.75. The zero-order chi connectivity index (χ0) is 10.1. The van der Waals surface area contributed by atoms with Gasteiger partial charge in [-0.15, -0.1) is 0 Å². The van der Waals surface area contributed by atoms with Crippen molar-refractivity contribution < 1.29 is 14.2 Å². The second-order valence-corrected chi connectivity index (χ2v) is 3.67. The first-order valence-electron chi connectivity index (χ1n) is 4.70. The summed E-state index contributed by atoms with van der Waals surface area (Å²) in [6.45, 7) is 0.200. The fourth-order valence-corrected chi connectivity index (χ4v) is 1.82. The van der Waals surface area contributed by atoms with Crippen molar-refractivity contribution in [2.24, 2.45) is 5.92 Å². The third kappa shape index (κ3) is 1.60. The van der Waals surface area contributed by atoms with E-state index in [0.717, 1.165) is 12.0 Å². The summed E-state index contributed by atoms with van der Waals surface area (Å²) in [5.41, 5.74) is 1.01. The lowest BCUT2D eigenvalue weighted by molar-refractivity contribution is 0.273. The molecule has 76 valence electrons. The van der Waals surface area contributed by atoms with Crippen LogP contribution in [0.3, 0.4) is 0 Å². The van der Waals surface area contributed by atoms with E-state index in [2.05, 4.69) is 0 Å². The van der Waals surface area contributed by atoms with Crippen molar-refractivity contribution in [1.29, 1.82) is 0 Å². The Labute approximate surface area is 82.3 Å². The van der Waals surface area contributed by atoms with Crippen LogP contribution in [-0.2, 0) is 0 Å². The molecule has 0 heterocycles. The van der Waals surface area contributed by atoms with E-state index in [1.165, 1.54) is 19.2 Å². The zero-order valence-corrected chi connectivity index (χ0v) is 8.03. The SMILES string of the molecule is COc1cc(F)ccc1[C@@H]1C[C@H]1CO. The Morgan fingerprint density at radius 3 is 2.93 bits per heavy atom. The van der Waals surface area contributed by atoms with Gasteiger partial charge in [0.15, 0.2) is 0 Å². The second-order valence-electron chi connectivity index (χ2n) is 3.67. The molecule has 2 atom stereocenters. The summed E-state index contributed by atoms with van der Waals surface area (Å²) in [5.74, 6) is 0.975. The van der Waals surface area contributed by atoms with Gasteiger partial charge in [-0.1, -0.05) is 6.07 Å². The van der Waals surface area contributed by atoms with Gasteiger partial charge in [0, 0.05) is 12.7 Å². The largest absolute Gasteiger partial charge is 0.496 e. The van der Waals surface area contributed by atoms with Crippen molar-refractivity contribution in [2.45, 2.75) is 12.3 Å². The lowest BCUT2D eigenvalue weighted by Gasteiger charge is -2.07. The number of aliphatic hydroxyl groups is 1. The number of rotatable bonds is 3. The maximum atomic E-state index is 12.9. The molecule has 0 aliphatic heterocycles. The molecule has 1 aliphatic rings. The molecule has 0 saturated heterocycles. The molecule has 2 nitrogen and oxygen atoms in total. The Bertz CT molecular complexity index is 338. The minimum atomic E-state index is -0.285. The highest BCUT2D eigenvalue weighted by atomic mass is 19.1. The maximum Gasteiger partial charge on any atom is 0.126 e. The lowest BCUT2D eigenvalue weighted by atomic mass is 10.1. The Balaban J connectivity index is 2.25. The fraction of sp³-hybridized carbons (Fsp3) is 0.455. The molecule has 2 rings (SSSR count). The Morgan fingerprint density at radius 2 is 2.36 bits per heavy atom. The average Bonchev–Trinajstić information content (AvgIpc) is 2.96. The summed E-state index contributed by atoms with van der Waals surface area (Å²) in [4.78, 5) is 0. The van der Waals surface area contributed by atoms with Crippen molar-refractivity contribution >= 4 is 0 Å². The van der Waals surface area contributed by atoms with Crippen molar-refractivity contribution in [3.05, 3.63) is 29.6 Å². The van der Waals surface area contributed by atoms with Gasteiger partial charge < -0.3 is 9.84 Å². The zero-order valence-electron chi connectivity index (χ0n) is 8.03. The molecule has 14 heavy (non-hydrogen) atoms. The predicted octanol–water partition coefficient (Wildman–Crippen LogP) is 1.93. The topological polar surface area (TPSA) is 29.5 Å². The van der Waals surface area contributed by atoms with Crippen LogP contribution in [0.5, 0.6) is 5.75 Å². The van der Waals surface area contributed by atoms with Gasteiger partial charge in [-0.05, 0) is 29.9 Å². The van der Waals surface area contributed by atoms with E-state index in [9.17, 15) is 4.39 Å². The smallest absolute Gasteiger partial charge is 0.126 e. The summed E-state index contributed by atoms with van der Waals surface area (Å²) in [7, 11) is 1.54. The maximum absolute atomic E-state index is 12.9. The predicted molar refractivity (Wildman–Crippen MR) is 50.9 cm³/mol. The first-order chi connectivity index (χ1) is 6.76. The molecular weight excluding hydrogens is 183 g/mol. The number of halogens is 1. The van der Waals surface area contributed by atoms with Crippen LogP contribution in [0.4, 0.5) is 4.39 Å². The molecule has 1 aromatic rings. The van der Waals surface area contributed by atoms with Crippen LogP contribution in [0.15, 0.2) is 18.2 Å². The van der Waals surface area contributed by atoms with Crippen LogP contribution in [0, 0.1) is 11.7 Å². The highest BCUT2D eigenvalue weighted by Gasteiger charge is 2.39. The third-order valence-corrected chi connectivity index (χ3v) is 2.75. The summed E-state index contributed by atoms with van der Waals surface area (Å²) in [6, 6.07) is 4.57. The van der Waals surface area contributed by atoms with Gasteiger partial charge in [0.05, 0.1) is 7.11 Å². The standard InChI is InChI=1S/C11H13FO2/c1-14-11-5-8(12)2-3-9(11)10-4-7(10)6-13/h2-3,5,7,10,13H,4,6H2,1H3/t7-,10+/m0/s1. The Hall–Kier alpha value is -1.09. The van der Waals surface area contributed by atoms with E-state index in [0.29, 0.717) is 17.6 Å². The van der Waals surface area contributed by atoms with Crippen molar-refractivity contribution in [1.82, 2.24) is 0 Å². The van der Waals surface area contributed by atoms with Gasteiger partial charge in [-0.2, -0.15) is 0 Å². The van der Waals surface area contributed by atoms with Gasteiger partial charge in [0.1, 0.15) is 11.6 Å². The Morgan fingerprint density at radius 1 is 1.57 bits per heavy atom. The van der Waals surface area contributed by atoms with Crippen LogP contribution in [0.1, 0.15) is 17.9 Å². The summed E-state index contributed by atoms with van der Waals surface area (Å²) >= 11 is 0. The quantitative estimate of drug-likeness (QED) is 0.800. The number of hydrogen-bond donors (Lipinski definition) is 1. The van der Waals surface area contributed by atoms with E-state index >= 15 is 0 Å². The molecule has 0 unspecified atom stereocenters. The normalized spacial score (nSPS) is 24.8. The van der Waals surface area contributed by atoms with E-state index in [1.807, 2.05) is 0 Å². The molecule has 0 aromatic heterocycles. The molecule has 0 bridgehead atoms. The Kier molecular flexibility index (Phi) is 2.42. The van der Waals surface area contributed by atoms with E-state index in [1.54, 1.807) is 6.07 Å². The minimum Gasteiger partial charge on any atom is -0.496 e. The second kappa shape index (κ2) is 3.58. The molecule has 0 amide bonds. The van der Waals surface area contributed by atoms with Crippen LogP contribution < -0.4 is 4.74 Å². The average molecular weight is 196 g/mol. The van der Waals surface area contributed by atoms with Crippen LogP contribution >= 0.6 is 0 Å². The van der Waals surface area contributed by atoms with Crippen molar-refractivity contribution in [3.63, 3.8) is 0 Å². The number of aliphatic hydroxyl groups excluding tert-OH is 1. The molecular formula is C11H13FO2. The van der Waals surface area contributed by atoms with Gasteiger partial charge in [-0.25, -0.2) is 4.39 Å². The molecule has 1 N–H and O–H groups in total. The first kappa shape index (κ1) is 9.46. The summed E-state index contributed by atoms with van der Waals surface area (Å²) in [5, 5.41) is 8.94. The monoisotopic (exact) mass is 196 g/mol. The lowest BCUT2D eigenvalue weighted by Crippen LogP contribution is -1.94. The highest BCUT2D eigenvalue weighted by Crippen LogP contribution is 2.49. The van der Waals surface area contributed by atoms with Crippen LogP contribution in [0.2, 0.25) is 0 Å². The van der Waals surface area contributed by atoms with E-state index in [-0.39, 0.29) is 12.4 Å². The van der Waals surface area contributed by atoms with E-state index in [4.69, 9.17) is 9.84 Å². The van der Waals surface area contributed by atoms with Gasteiger partial charge in [-0.3, -0.25) is 0 Å². The molecule has 1 saturated carbocycles. The van der Waals surface area contributed by atoms with Gasteiger partial charge in [0.25, 0.3) is 0 Å². The van der Waals surface area contributed by atoms with E-state index < -0.39 is 0 Å². The van der Waals surface area contributed by atoms with Crippen molar-refractivity contribution in [2.75, 3.05) is 13.7 Å². The summed E-state index contributed by atoms with van der Waals surface area (Å²) < 4.78 is 18.0. The van der Waals surface area contributed by atoms with Gasteiger partial charge >= 0.3 is 0 Å². The van der Waals surface area contributed by atoms with Crippen LogP contribution in [0.25, 0.3) is 0 Å². The molecule has 0 spiro atoms. The molecule has 0 radical (unpaired) electrons. The fourth-order valence-electron chi connectivity index (χ4n) is 1.82. The highest BCUT2D eigenvalue weighted by molar-refractivity contribution is 5.40. The number of benzene rings is 1. The number of ether oxygens (including phenoxy) is 1. The molecule has 1 aliphatic carbocycles. The van der Waals surface area contributed by atoms with Gasteiger partial charge in [0.2, 0.25) is 0 Å². The van der Waals surface area contributed by atoms with Crippen molar-refractivity contribution in [3.8, 4) is 5.75 Å². The van der Waals surface area contributed by atoms with Crippen LogP contribution in [-0.4, -0.2) is 18.8 Å². The molecule has 1 aromatic carbocycles. The molecule has 3 heteroatoms. The minimum absolute atomic E-state index is 0.200. The number of methoxy groups -OCH3 is 1. The number of hydrogen-bond acceptors (Lipinski definition) is 2. The molecule has 1 fully saturated rings.